The molecule has 0 heterocycles. The topological polar surface area (TPSA) is 0 Å². The summed E-state index contributed by atoms with van der Waals surface area (Å²) >= 11 is 3.32. The zero-order valence-corrected chi connectivity index (χ0v) is 8.94. The lowest BCUT2D eigenvalue weighted by Gasteiger charge is -2.09. The summed E-state index contributed by atoms with van der Waals surface area (Å²) in [6, 6.07) is 3.53. The first kappa shape index (κ1) is 10.6. The maximum absolute atomic E-state index is 13.1. The van der Waals surface area contributed by atoms with E-state index < -0.39 is 5.82 Å². The van der Waals surface area contributed by atoms with E-state index in [-0.39, 0.29) is 10.6 Å². The monoisotopic (exact) mass is 248 g/mol. The smallest absolute Gasteiger partial charge is 0.127 e. The summed E-state index contributed by atoms with van der Waals surface area (Å²) in [5.74, 6) is -0.742. The van der Waals surface area contributed by atoms with Crippen LogP contribution in [0, 0.1) is 11.6 Å². The highest BCUT2D eigenvalue weighted by atomic mass is 79.9. The van der Waals surface area contributed by atoms with Crippen molar-refractivity contribution in [1.29, 1.82) is 0 Å². The van der Waals surface area contributed by atoms with E-state index in [1.807, 2.05) is 6.92 Å². The molecule has 0 amide bonds. The molecule has 0 N–H and O–H groups in total. The standard InChI is InChI=1S/C10H11BrF2/c1-2-3-9(11)8-6-7(12)4-5-10(8)13/h4-6,9H,2-3H2,1H3. The normalized spacial score (nSPS) is 12.9. The van der Waals surface area contributed by atoms with E-state index in [9.17, 15) is 8.78 Å². The lowest BCUT2D eigenvalue weighted by Crippen LogP contribution is -1.95. The van der Waals surface area contributed by atoms with Crippen LogP contribution in [0.4, 0.5) is 8.78 Å². The molecule has 0 aliphatic heterocycles. The summed E-state index contributed by atoms with van der Waals surface area (Å²) in [6.45, 7) is 2.01. The summed E-state index contributed by atoms with van der Waals surface area (Å²) in [7, 11) is 0. The molecule has 0 aliphatic rings. The number of hydrogen-bond donors (Lipinski definition) is 0. The fraction of sp³-hybridized carbons (Fsp3) is 0.400. The molecular weight excluding hydrogens is 238 g/mol. The van der Waals surface area contributed by atoms with Crippen molar-refractivity contribution >= 4 is 15.9 Å². The van der Waals surface area contributed by atoms with Crippen LogP contribution in [-0.4, -0.2) is 0 Å². The fourth-order valence-electron chi connectivity index (χ4n) is 1.16. The Morgan fingerprint density at radius 1 is 1.38 bits per heavy atom. The summed E-state index contributed by atoms with van der Waals surface area (Å²) in [5, 5.41) is 0. The largest absolute Gasteiger partial charge is 0.207 e. The van der Waals surface area contributed by atoms with Crippen LogP contribution in [0.15, 0.2) is 18.2 Å². The first-order chi connectivity index (χ1) is 6.15. The van der Waals surface area contributed by atoms with Gasteiger partial charge in [0.2, 0.25) is 0 Å². The van der Waals surface area contributed by atoms with Crippen LogP contribution < -0.4 is 0 Å². The Labute approximate surface area is 85.1 Å². The molecule has 0 radical (unpaired) electrons. The highest BCUT2D eigenvalue weighted by Gasteiger charge is 2.12. The Kier molecular flexibility index (Phi) is 3.85. The zero-order chi connectivity index (χ0) is 9.84. The van der Waals surface area contributed by atoms with Crippen LogP contribution in [0.3, 0.4) is 0 Å². The summed E-state index contributed by atoms with van der Waals surface area (Å²) in [6.07, 6.45) is 1.74. The summed E-state index contributed by atoms with van der Waals surface area (Å²) < 4.78 is 25.9. The van der Waals surface area contributed by atoms with Crippen molar-refractivity contribution in [2.45, 2.75) is 24.6 Å². The quantitative estimate of drug-likeness (QED) is 0.704. The Bertz CT molecular complexity index is 286. The number of halogens is 3. The van der Waals surface area contributed by atoms with E-state index >= 15 is 0 Å². The Hall–Kier alpha value is -0.440. The van der Waals surface area contributed by atoms with E-state index in [2.05, 4.69) is 15.9 Å². The van der Waals surface area contributed by atoms with Gasteiger partial charge in [0.05, 0.1) is 0 Å². The number of alkyl halides is 1. The van der Waals surface area contributed by atoms with Crippen molar-refractivity contribution in [3.05, 3.63) is 35.4 Å². The Morgan fingerprint density at radius 3 is 2.69 bits per heavy atom. The molecular formula is C10H11BrF2. The second-order valence-electron chi connectivity index (χ2n) is 2.92. The summed E-state index contributed by atoms with van der Waals surface area (Å²) in [4.78, 5) is -0.0896. The molecule has 1 unspecified atom stereocenters. The second-order valence-corrected chi connectivity index (χ2v) is 4.03. The van der Waals surface area contributed by atoms with Gasteiger partial charge in [-0.2, -0.15) is 0 Å². The van der Waals surface area contributed by atoms with Crippen LogP contribution in [0.25, 0.3) is 0 Å². The average Bonchev–Trinajstić information content (AvgIpc) is 2.09. The van der Waals surface area contributed by atoms with Crippen molar-refractivity contribution in [3.63, 3.8) is 0 Å². The van der Waals surface area contributed by atoms with Gasteiger partial charge in [0.1, 0.15) is 11.6 Å². The molecule has 0 bridgehead atoms. The van der Waals surface area contributed by atoms with Crippen LogP contribution in [0.1, 0.15) is 30.2 Å². The van der Waals surface area contributed by atoms with Crippen LogP contribution in [-0.2, 0) is 0 Å². The van der Waals surface area contributed by atoms with Gasteiger partial charge in [0.15, 0.2) is 0 Å². The highest BCUT2D eigenvalue weighted by Crippen LogP contribution is 2.29. The molecule has 72 valence electrons. The Morgan fingerprint density at radius 2 is 2.08 bits per heavy atom. The molecule has 0 saturated carbocycles. The number of hydrogen-bond acceptors (Lipinski definition) is 0. The van der Waals surface area contributed by atoms with Crippen LogP contribution >= 0.6 is 15.9 Å². The second kappa shape index (κ2) is 4.70. The Balaban J connectivity index is 2.91. The fourth-order valence-corrected chi connectivity index (χ4v) is 1.97. The molecule has 0 aliphatic carbocycles. The van der Waals surface area contributed by atoms with Gasteiger partial charge in [-0.3, -0.25) is 0 Å². The van der Waals surface area contributed by atoms with Crippen molar-refractivity contribution in [2.75, 3.05) is 0 Å². The summed E-state index contributed by atoms with van der Waals surface area (Å²) in [5.41, 5.74) is 0.404. The minimum absolute atomic E-state index is 0.0896. The molecule has 1 aromatic carbocycles. The van der Waals surface area contributed by atoms with Gasteiger partial charge in [-0.1, -0.05) is 29.3 Å². The highest BCUT2D eigenvalue weighted by molar-refractivity contribution is 9.09. The van der Waals surface area contributed by atoms with Crippen molar-refractivity contribution in [1.82, 2.24) is 0 Å². The number of rotatable bonds is 3. The van der Waals surface area contributed by atoms with Gasteiger partial charge in [0, 0.05) is 10.4 Å². The van der Waals surface area contributed by atoms with Crippen molar-refractivity contribution in [3.8, 4) is 0 Å². The SMILES string of the molecule is CCCC(Br)c1cc(F)ccc1F. The lowest BCUT2D eigenvalue weighted by molar-refractivity contribution is 0.579. The first-order valence-corrected chi connectivity index (χ1v) is 5.15. The molecule has 3 heteroatoms. The molecule has 0 fully saturated rings. The van der Waals surface area contributed by atoms with Crippen LogP contribution in [0.5, 0.6) is 0 Å². The molecule has 0 nitrogen and oxygen atoms in total. The third kappa shape index (κ3) is 2.76. The molecule has 0 spiro atoms. The molecule has 0 aromatic heterocycles. The van der Waals surface area contributed by atoms with Gasteiger partial charge in [-0.25, -0.2) is 8.78 Å². The third-order valence-corrected chi connectivity index (χ3v) is 2.79. The van der Waals surface area contributed by atoms with Gasteiger partial charge in [0.25, 0.3) is 0 Å². The molecule has 0 saturated heterocycles. The van der Waals surface area contributed by atoms with Gasteiger partial charge < -0.3 is 0 Å². The van der Waals surface area contributed by atoms with Gasteiger partial charge in [-0.05, 0) is 24.6 Å². The van der Waals surface area contributed by atoms with E-state index in [1.165, 1.54) is 6.07 Å². The van der Waals surface area contributed by atoms with E-state index in [1.54, 1.807) is 0 Å². The molecule has 1 atom stereocenters. The third-order valence-electron chi connectivity index (χ3n) is 1.84. The van der Waals surface area contributed by atoms with Crippen molar-refractivity contribution in [2.24, 2.45) is 0 Å². The van der Waals surface area contributed by atoms with Crippen LogP contribution in [0.2, 0.25) is 0 Å². The molecule has 1 aromatic rings. The van der Waals surface area contributed by atoms with E-state index in [0.29, 0.717) is 5.56 Å². The maximum atomic E-state index is 13.1. The minimum Gasteiger partial charge on any atom is -0.207 e. The first-order valence-electron chi connectivity index (χ1n) is 4.24. The van der Waals surface area contributed by atoms with E-state index in [0.717, 1.165) is 25.0 Å². The van der Waals surface area contributed by atoms with Gasteiger partial charge in [-0.15, -0.1) is 0 Å². The van der Waals surface area contributed by atoms with E-state index in [4.69, 9.17) is 0 Å². The molecule has 1 rings (SSSR count). The predicted molar refractivity (Wildman–Crippen MR) is 52.9 cm³/mol. The zero-order valence-electron chi connectivity index (χ0n) is 7.36. The lowest BCUT2D eigenvalue weighted by atomic mass is 10.1. The molecule has 13 heavy (non-hydrogen) atoms. The number of benzene rings is 1. The minimum atomic E-state index is -0.392. The maximum Gasteiger partial charge on any atom is 0.127 e. The average molecular weight is 249 g/mol. The van der Waals surface area contributed by atoms with Crippen molar-refractivity contribution < 1.29 is 8.78 Å². The predicted octanol–water partition coefficient (Wildman–Crippen LogP) is 4.20. The van der Waals surface area contributed by atoms with Gasteiger partial charge >= 0.3 is 0 Å².